The first-order valence-electron chi connectivity index (χ1n) is 3.99. The van der Waals surface area contributed by atoms with Gasteiger partial charge in [-0.3, -0.25) is 14.4 Å². The molecule has 0 aromatic carbocycles. The Bertz CT molecular complexity index is 231. The first kappa shape index (κ1) is 15.8. The molecule has 8 heteroatoms. The molecule has 1 atom stereocenters. The molecule has 0 heterocycles. The highest BCUT2D eigenvalue weighted by Gasteiger charge is 2.13. The van der Waals surface area contributed by atoms with E-state index in [0.29, 0.717) is 0 Å². The van der Waals surface area contributed by atoms with Crippen LogP contribution in [0.2, 0.25) is 0 Å². The molecule has 0 saturated heterocycles. The fourth-order valence-corrected chi connectivity index (χ4v) is 0.428. The molecule has 0 spiro atoms. The van der Waals surface area contributed by atoms with Gasteiger partial charge in [0.2, 0.25) is 5.91 Å². The molecule has 15 heavy (non-hydrogen) atoms. The Morgan fingerprint density at radius 2 is 1.67 bits per heavy atom. The first-order chi connectivity index (χ1) is 6.81. The van der Waals surface area contributed by atoms with E-state index in [2.05, 4.69) is 5.73 Å². The fraction of sp³-hybridized carbons (Fsp3) is 0.571. The summed E-state index contributed by atoms with van der Waals surface area (Å²) in [5.74, 6) is -2.75. The van der Waals surface area contributed by atoms with E-state index in [1.165, 1.54) is 0 Å². The van der Waals surface area contributed by atoms with Crippen LogP contribution in [-0.2, 0) is 14.4 Å². The smallest absolute Gasteiger partial charge is 0.321 e. The second kappa shape index (κ2) is 8.91. The minimum absolute atomic E-state index is 0.0694. The van der Waals surface area contributed by atoms with E-state index in [4.69, 9.17) is 21.7 Å². The lowest BCUT2D eigenvalue weighted by atomic mass is 10.2. The number of nitrogens with two attached hydrogens (primary N) is 3. The number of carbonyl (C=O) groups is 3. The SMILES string of the molecule is NC(=O)C[C@H](N)C(=O)O.NCCC(=O)O. The summed E-state index contributed by atoms with van der Waals surface area (Å²) in [4.78, 5) is 29.4. The van der Waals surface area contributed by atoms with Gasteiger partial charge in [0.25, 0.3) is 0 Å². The van der Waals surface area contributed by atoms with E-state index < -0.39 is 23.9 Å². The largest absolute Gasteiger partial charge is 0.481 e. The van der Waals surface area contributed by atoms with Crippen molar-refractivity contribution in [3.05, 3.63) is 0 Å². The molecule has 0 aliphatic rings. The Labute approximate surface area is 86.0 Å². The van der Waals surface area contributed by atoms with E-state index in [1.54, 1.807) is 0 Å². The molecular formula is C7H15N3O5. The summed E-state index contributed by atoms with van der Waals surface area (Å²) in [5.41, 5.74) is 14.4. The number of aliphatic carboxylic acids is 2. The molecule has 88 valence electrons. The maximum Gasteiger partial charge on any atom is 0.321 e. The molecule has 1 amide bonds. The molecule has 0 aromatic heterocycles. The summed E-state index contributed by atoms with van der Waals surface area (Å²) in [6.45, 7) is 0.231. The normalized spacial score (nSPS) is 10.8. The van der Waals surface area contributed by atoms with E-state index in [1.807, 2.05) is 0 Å². The van der Waals surface area contributed by atoms with Crippen LogP contribution in [0.1, 0.15) is 12.8 Å². The minimum Gasteiger partial charge on any atom is -0.481 e. The van der Waals surface area contributed by atoms with Crippen LogP contribution in [-0.4, -0.2) is 40.6 Å². The maximum absolute atomic E-state index is 9.99. The number of carboxylic acids is 2. The van der Waals surface area contributed by atoms with Crippen molar-refractivity contribution in [1.82, 2.24) is 0 Å². The predicted molar refractivity (Wildman–Crippen MR) is 50.7 cm³/mol. The van der Waals surface area contributed by atoms with E-state index in [-0.39, 0.29) is 19.4 Å². The van der Waals surface area contributed by atoms with Gasteiger partial charge >= 0.3 is 11.9 Å². The van der Waals surface area contributed by atoms with Crippen LogP contribution >= 0.6 is 0 Å². The molecule has 0 rings (SSSR count). The summed E-state index contributed by atoms with van der Waals surface area (Å²) in [6.07, 6.45) is -0.241. The first-order valence-corrected chi connectivity index (χ1v) is 3.99. The number of primary amides is 1. The van der Waals surface area contributed by atoms with Crippen molar-refractivity contribution in [2.45, 2.75) is 18.9 Å². The minimum atomic E-state index is -1.21. The number of rotatable bonds is 5. The highest BCUT2D eigenvalue weighted by atomic mass is 16.4. The third-order valence-electron chi connectivity index (χ3n) is 1.10. The van der Waals surface area contributed by atoms with Crippen molar-refractivity contribution >= 4 is 17.8 Å². The second-order valence-electron chi connectivity index (χ2n) is 2.55. The summed E-state index contributed by atoms with van der Waals surface area (Å²) in [7, 11) is 0. The maximum atomic E-state index is 9.99. The van der Waals surface area contributed by atoms with Gasteiger partial charge < -0.3 is 27.4 Å². The van der Waals surface area contributed by atoms with Crippen LogP contribution in [0.5, 0.6) is 0 Å². The van der Waals surface area contributed by atoms with Gasteiger partial charge in [-0.2, -0.15) is 0 Å². The molecule has 8 nitrogen and oxygen atoms in total. The van der Waals surface area contributed by atoms with Crippen LogP contribution in [0.25, 0.3) is 0 Å². The molecule has 0 aliphatic carbocycles. The Morgan fingerprint density at radius 3 is 1.73 bits per heavy atom. The van der Waals surface area contributed by atoms with Crippen molar-refractivity contribution < 1.29 is 24.6 Å². The quantitative estimate of drug-likeness (QED) is 0.347. The molecule has 0 unspecified atom stereocenters. The van der Waals surface area contributed by atoms with Crippen molar-refractivity contribution in [1.29, 1.82) is 0 Å². The number of carboxylic acid groups (broad SMARTS) is 2. The van der Waals surface area contributed by atoms with Crippen LogP contribution in [0.3, 0.4) is 0 Å². The van der Waals surface area contributed by atoms with Crippen molar-refractivity contribution in [3.8, 4) is 0 Å². The summed E-state index contributed by atoms with van der Waals surface area (Å²) < 4.78 is 0. The zero-order valence-corrected chi connectivity index (χ0v) is 8.05. The fourth-order valence-electron chi connectivity index (χ4n) is 0.428. The Hall–Kier alpha value is -1.67. The van der Waals surface area contributed by atoms with Gasteiger partial charge in [-0.15, -0.1) is 0 Å². The Morgan fingerprint density at radius 1 is 1.20 bits per heavy atom. The molecule has 0 fully saturated rings. The van der Waals surface area contributed by atoms with E-state index in [0.717, 1.165) is 0 Å². The monoisotopic (exact) mass is 221 g/mol. The molecule has 8 N–H and O–H groups in total. The van der Waals surface area contributed by atoms with Gasteiger partial charge in [0, 0.05) is 6.54 Å². The van der Waals surface area contributed by atoms with Crippen molar-refractivity contribution in [3.63, 3.8) is 0 Å². The number of amides is 1. The van der Waals surface area contributed by atoms with E-state index in [9.17, 15) is 14.4 Å². The molecule has 0 radical (unpaired) electrons. The summed E-state index contributed by atoms with van der Waals surface area (Å²) in [5, 5.41) is 15.9. The average molecular weight is 221 g/mol. The van der Waals surface area contributed by atoms with E-state index >= 15 is 0 Å². The standard InChI is InChI=1S/C4H8N2O3.C3H7NO2/c5-2(4(8)9)1-3(6)7;4-2-1-3(5)6/h2H,1,5H2,(H2,6,7)(H,8,9);1-2,4H2,(H,5,6)/t2-;/m0./s1. The summed E-state index contributed by atoms with van der Waals surface area (Å²) >= 11 is 0. The van der Waals surface area contributed by atoms with Gasteiger partial charge in [-0.1, -0.05) is 0 Å². The number of carbonyl (C=O) groups excluding carboxylic acids is 1. The Kier molecular flexibility index (Phi) is 9.37. The molecule has 0 bridgehead atoms. The highest BCUT2D eigenvalue weighted by molar-refractivity contribution is 5.83. The van der Waals surface area contributed by atoms with Gasteiger partial charge in [0.1, 0.15) is 6.04 Å². The van der Waals surface area contributed by atoms with Gasteiger partial charge in [-0.05, 0) is 0 Å². The van der Waals surface area contributed by atoms with Crippen LogP contribution in [0.15, 0.2) is 0 Å². The third-order valence-corrected chi connectivity index (χ3v) is 1.10. The molecule has 0 aromatic rings. The number of hydrogen-bond acceptors (Lipinski definition) is 5. The molecule has 0 aliphatic heterocycles. The van der Waals surface area contributed by atoms with Crippen molar-refractivity contribution in [2.75, 3.05) is 6.54 Å². The Balaban J connectivity index is 0. The van der Waals surface area contributed by atoms with Crippen LogP contribution in [0, 0.1) is 0 Å². The summed E-state index contributed by atoms with van der Waals surface area (Å²) in [6, 6.07) is -1.16. The average Bonchev–Trinajstić information content (AvgIpc) is 2.03. The second-order valence-corrected chi connectivity index (χ2v) is 2.55. The van der Waals surface area contributed by atoms with Crippen LogP contribution in [0.4, 0.5) is 0 Å². The lowest BCUT2D eigenvalue weighted by Gasteiger charge is -1.99. The third kappa shape index (κ3) is 15.1. The number of hydrogen-bond donors (Lipinski definition) is 5. The van der Waals surface area contributed by atoms with Crippen LogP contribution < -0.4 is 17.2 Å². The predicted octanol–water partition coefficient (Wildman–Crippen LogP) is -2.31. The van der Waals surface area contributed by atoms with Gasteiger partial charge in [-0.25, -0.2) is 0 Å². The lowest BCUT2D eigenvalue weighted by Crippen LogP contribution is -2.34. The molecule has 0 saturated carbocycles. The highest BCUT2D eigenvalue weighted by Crippen LogP contribution is 1.84. The van der Waals surface area contributed by atoms with Gasteiger partial charge in [0.05, 0.1) is 12.8 Å². The van der Waals surface area contributed by atoms with Crippen molar-refractivity contribution in [2.24, 2.45) is 17.2 Å². The topological polar surface area (TPSA) is 170 Å². The lowest BCUT2D eigenvalue weighted by molar-refractivity contribution is -0.140. The zero-order chi connectivity index (χ0) is 12.4. The zero-order valence-electron chi connectivity index (χ0n) is 8.05. The van der Waals surface area contributed by atoms with Gasteiger partial charge in [0.15, 0.2) is 0 Å². The molecular weight excluding hydrogens is 206 g/mol.